The fraction of sp³-hybridized carbons (Fsp3) is 0.833. The van der Waals surface area contributed by atoms with E-state index in [2.05, 4.69) is 0 Å². The van der Waals surface area contributed by atoms with Crippen LogP contribution in [0.25, 0.3) is 0 Å². The fourth-order valence-electron chi connectivity index (χ4n) is 0.684. The molecule has 0 spiro atoms. The molecule has 0 saturated carbocycles. The van der Waals surface area contributed by atoms with Crippen LogP contribution < -0.4 is 5.73 Å². The number of aldehydes is 1. The molecule has 0 bridgehead atoms. The van der Waals surface area contributed by atoms with Crippen molar-refractivity contribution in [3.8, 4) is 0 Å². The highest BCUT2D eigenvalue weighted by molar-refractivity contribution is 5.58. The van der Waals surface area contributed by atoms with Crippen LogP contribution in [0.15, 0.2) is 0 Å². The lowest BCUT2D eigenvalue weighted by Gasteiger charge is -2.14. The molecule has 2 atom stereocenters. The molecule has 3 heteroatoms. The first-order valence-electron chi connectivity index (χ1n) is 3.00. The molecular weight excluding hydrogens is 118 g/mol. The summed E-state index contributed by atoms with van der Waals surface area (Å²) >= 11 is 0. The fourth-order valence-corrected chi connectivity index (χ4v) is 0.684. The van der Waals surface area contributed by atoms with Gasteiger partial charge in [-0.1, -0.05) is 6.92 Å². The molecule has 2 N–H and O–H groups in total. The maximum absolute atomic E-state index is 10.1. The smallest absolute Gasteiger partial charge is 0.139 e. The first kappa shape index (κ1) is 8.59. The Hall–Kier alpha value is -0.410. The number of nitrogens with two attached hydrogens (primary N) is 1. The van der Waals surface area contributed by atoms with Crippen LogP contribution in [-0.4, -0.2) is 25.5 Å². The summed E-state index contributed by atoms with van der Waals surface area (Å²) in [6.45, 7) is 1.93. The summed E-state index contributed by atoms with van der Waals surface area (Å²) in [4.78, 5) is 10.1. The third-order valence-electron chi connectivity index (χ3n) is 1.29. The second-order valence-electron chi connectivity index (χ2n) is 1.90. The Kier molecular flexibility index (Phi) is 4.26. The van der Waals surface area contributed by atoms with Gasteiger partial charge in [-0.05, 0) is 6.42 Å². The van der Waals surface area contributed by atoms with Crippen LogP contribution in [-0.2, 0) is 9.53 Å². The first-order valence-corrected chi connectivity index (χ1v) is 3.00. The molecular formula is C6H13NO2. The minimum atomic E-state index is -0.472. The Bertz CT molecular complexity index is 81.1. The maximum atomic E-state index is 10.1. The molecule has 2 unspecified atom stereocenters. The number of carbonyl (C=O) groups is 1. The van der Waals surface area contributed by atoms with Gasteiger partial charge in [0, 0.05) is 7.11 Å². The topological polar surface area (TPSA) is 52.3 Å². The average Bonchev–Trinajstić information content (AvgIpc) is 1.90. The van der Waals surface area contributed by atoms with E-state index in [-0.39, 0.29) is 6.10 Å². The molecule has 0 aliphatic heterocycles. The molecule has 0 saturated heterocycles. The molecule has 0 aromatic heterocycles. The van der Waals surface area contributed by atoms with Crippen molar-refractivity contribution in [1.29, 1.82) is 0 Å². The molecule has 0 aromatic rings. The third kappa shape index (κ3) is 2.58. The van der Waals surface area contributed by atoms with Crippen molar-refractivity contribution in [2.24, 2.45) is 5.73 Å². The highest BCUT2D eigenvalue weighted by Gasteiger charge is 2.12. The predicted octanol–water partition coefficient (Wildman–Crippen LogP) is -0.0624. The lowest BCUT2D eigenvalue weighted by molar-refractivity contribution is -0.111. The number of rotatable bonds is 4. The van der Waals surface area contributed by atoms with Gasteiger partial charge in [-0.25, -0.2) is 0 Å². The number of ether oxygens (including phenoxy) is 1. The Balaban J connectivity index is 3.63. The summed E-state index contributed by atoms with van der Waals surface area (Å²) in [5.41, 5.74) is 5.35. The quantitative estimate of drug-likeness (QED) is 0.544. The van der Waals surface area contributed by atoms with E-state index in [1.807, 2.05) is 6.92 Å². The zero-order valence-corrected chi connectivity index (χ0v) is 5.83. The molecule has 54 valence electrons. The molecule has 0 radical (unpaired) electrons. The summed E-state index contributed by atoms with van der Waals surface area (Å²) in [6.07, 6.45) is 1.36. The predicted molar refractivity (Wildman–Crippen MR) is 35.1 cm³/mol. The third-order valence-corrected chi connectivity index (χ3v) is 1.29. The van der Waals surface area contributed by atoms with Crippen LogP contribution in [0, 0.1) is 0 Å². The molecule has 0 heterocycles. The number of hydrogen-bond donors (Lipinski definition) is 1. The second-order valence-corrected chi connectivity index (χ2v) is 1.90. The Morgan fingerprint density at radius 1 is 1.78 bits per heavy atom. The van der Waals surface area contributed by atoms with Crippen LogP contribution in [0.3, 0.4) is 0 Å². The lowest BCUT2D eigenvalue weighted by atomic mass is 10.1. The normalized spacial score (nSPS) is 16.8. The monoisotopic (exact) mass is 131 g/mol. The number of methoxy groups -OCH3 is 1. The highest BCUT2D eigenvalue weighted by Crippen LogP contribution is 1.97. The Labute approximate surface area is 55.2 Å². The van der Waals surface area contributed by atoms with E-state index in [1.54, 1.807) is 7.11 Å². The second kappa shape index (κ2) is 4.47. The van der Waals surface area contributed by atoms with Crippen molar-refractivity contribution < 1.29 is 9.53 Å². The largest absolute Gasteiger partial charge is 0.379 e. The summed E-state index contributed by atoms with van der Waals surface area (Å²) in [7, 11) is 1.55. The molecule has 0 aliphatic carbocycles. The molecule has 9 heavy (non-hydrogen) atoms. The minimum absolute atomic E-state index is 0.123. The first-order chi connectivity index (χ1) is 4.26. The van der Waals surface area contributed by atoms with E-state index < -0.39 is 6.04 Å². The summed E-state index contributed by atoms with van der Waals surface area (Å²) in [5, 5.41) is 0. The van der Waals surface area contributed by atoms with Gasteiger partial charge in [-0.3, -0.25) is 0 Å². The van der Waals surface area contributed by atoms with E-state index in [0.29, 0.717) is 6.29 Å². The van der Waals surface area contributed by atoms with E-state index in [4.69, 9.17) is 10.5 Å². The number of hydrogen-bond acceptors (Lipinski definition) is 3. The molecule has 0 aromatic carbocycles. The van der Waals surface area contributed by atoms with Crippen molar-refractivity contribution in [1.82, 2.24) is 0 Å². The zero-order chi connectivity index (χ0) is 7.28. The van der Waals surface area contributed by atoms with Crippen LogP contribution in [0.5, 0.6) is 0 Å². The van der Waals surface area contributed by atoms with Crippen molar-refractivity contribution in [3.63, 3.8) is 0 Å². The maximum Gasteiger partial charge on any atom is 0.139 e. The average molecular weight is 131 g/mol. The van der Waals surface area contributed by atoms with Gasteiger partial charge in [0.15, 0.2) is 0 Å². The lowest BCUT2D eigenvalue weighted by Crippen LogP contribution is -2.36. The molecule has 0 aliphatic rings. The zero-order valence-electron chi connectivity index (χ0n) is 5.83. The van der Waals surface area contributed by atoms with E-state index in [1.165, 1.54) is 0 Å². The highest BCUT2D eigenvalue weighted by atomic mass is 16.5. The molecule has 0 fully saturated rings. The minimum Gasteiger partial charge on any atom is -0.379 e. The van der Waals surface area contributed by atoms with Crippen LogP contribution in [0.1, 0.15) is 13.3 Å². The standard InChI is InChI=1S/C6H13NO2/c1-3-6(9-2)5(7)4-8/h4-6H,3,7H2,1-2H3. The van der Waals surface area contributed by atoms with Crippen molar-refractivity contribution >= 4 is 6.29 Å². The van der Waals surface area contributed by atoms with Crippen molar-refractivity contribution in [2.75, 3.05) is 7.11 Å². The molecule has 3 nitrogen and oxygen atoms in total. The summed E-state index contributed by atoms with van der Waals surface area (Å²) < 4.78 is 4.90. The van der Waals surface area contributed by atoms with Crippen LogP contribution in [0.4, 0.5) is 0 Å². The van der Waals surface area contributed by atoms with Gasteiger partial charge in [0.05, 0.1) is 12.1 Å². The summed E-state index contributed by atoms with van der Waals surface area (Å²) in [6, 6.07) is -0.472. The van der Waals surface area contributed by atoms with Gasteiger partial charge in [0.25, 0.3) is 0 Å². The van der Waals surface area contributed by atoms with Crippen LogP contribution in [0.2, 0.25) is 0 Å². The molecule has 0 rings (SSSR count). The molecule has 0 amide bonds. The van der Waals surface area contributed by atoms with E-state index >= 15 is 0 Å². The van der Waals surface area contributed by atoms with E-state index in [9.17, 15) is 4.79 Å². The van der Waals surface area contributed by atoms with Gasteiger partial charge < -0.3 is 15.3 Å². The SMILES string of the molecule is CCC(OC)C(N)C=O. The Morgan fingerprint density at radius 3 is 2.44 bits per heavy atom. The van der Waals surface area contributed by atoms with Crippen LogP contribution >= 0.6 is 0 Å². The van der Waals surface area contributed by atoms with Gasteiger partial charge in [0.2, 0.25) is 0 Å². The summed E-state index contributed by atoms with van der Waals surface area (Å²) in [5.74, 6) is 0. The Morgan fingerprint density at radius 2 is 2.33 bits per heavy atom. The van der Waals surface area contributed by atoms with Gasteiger partial charge in [-0.15, -0.1) is 0 Å². The van der Waals surface area contributed by atoms with Crippen molar-refractivity contribution in [3.05, 3.63) is 0 Å². The number of carbonyl (C=O) groups excluding carboxylic acids is 1. The van der Waals surface area contributed by atoms with Gasteiger partial charge in [-0.2, -0.15) is 0 Å². The van der Waals surface area contributed by atoms with Crippen molar-refractivity contribution in [2.45, 2.75) is 25.5 Å². The van der Waals surface area contributed by atoms with Gasteiger partial charge in [0.1, 0.15) is 6.29 Å². The van der Waals surface area contributed by atoms with Gasteiger partial charge >= 0.3 is 0 Å². The van der Waals surface area contributed by atoms with E-state index in [0.717, 1.165) is 6.42 Å².